The normalized spacial score (nSPS) is 30.8. The van der Waals surface area contributed by atoms with Crippen LogP contribution in [0.1, 0.15) is 6.42 Å². The van der Waals surface area contributed by atoms with Gasteiger partial charge in [-0.15, -0.1) is 24.0 Å². The highest BCUT2D eigenvalue weighted by Crippen LogP contribution is 2.19. The Morgan fingerprint density at radius 1 is 1.08 bits per heavy atom. The Labute approximate surface area is 174 Å². The van der Waals surface area contributed by atoms with Crippen LogP contribution in [0, 0.1) is 0 Å². The molecule has 0 radical (unpaired) electrons. The number of benzene rings is 1. The molecule has 144 valence electrons. The maximum atomic E-state index is 4.44. The van der Waals surface area contributed by atoms with Crippen LogP contribution in [-0.4, -0.2) is 87.2 Å². The highest BCUT2D eigenvalue weighted by Gasteiger charge is 2.31. The SMILES string of the molecule is CN=C(NCC1CN2CCN1CC2)NC1CCN(c2ccccc2)C1.I. The standard InChI is InChI=1S/C19H30N6.HI/c1-20-19(21-13-18-15-23-9-11-24(18)12-10-23)22-16-7-8-25(14-16)17-5-3-2-4-6-17;/h2-6,16,18H,7-15H2,1H3,(H2,20,21,22);1H. The van der Waals surface area contributed by atoms with Crippen LogP contribution in [0.15, 0.2) is 35.3 Å². The smallest absolute Gasteiger partial charge is 0.191 e. The predicted molar refractivity (Wildman–Crippen MR) is 119 cm³/mol. The third-order valence-corrected chi connectivity index (χ3v) is 5.77. The lowest BCUT2D eigenvalue weighted by Crippen LogP contribution is -2.64. The quantitative estimate of drug-likeness (QED) is 0.392. The molecule has 4 aliphatic heterocycles. The molecule has 1 aromatic rings. The summed E-state index contributed by atoms with van der Waals surface area (Å²) < 4.78 is 0. The van der Waals surface area contributed by atoms with Crippen molar-refractivity contribution in [2.24, 2.45) is 4.99 Å². The molecule has 0 saturated carbocycles. The number of piperazine rings is 3. The van der Waals surface area contributed by atoms with E-state index in [9.17, 15) is 0 Å². The summed E-state index contributed by atoms with van der Waals surface area (Å²) in [7, 11) is 1.87. The number of para-hydroxylation sites is 1. The Bertz CT molecular complexity index is 587. The van der Waals surface area contributed by atoms with E-state index >= 15 is 0 Å². The van der Waals surface area contributed by atoms with Crippen LogP contribution >= 0.6 is 24.0 Å². The number of guanidine groups is 1. The lowest BCUT2D eigenvalue weighted by molar-refractivity contribution is 0.0154. The zero-order valence-electron chi connectivity index (χ0n) is 15.6. The first-order valence-electron chi connectivity index (χ1n) is 9.55. The fraction of sp³-hybridized carbons (Fsp3) is 0.632. The van der Waals surface area contributed by atoms with Crippen LogP contribution < -0.4 is 15.5 Å². The van der Waals surface area contributed by atoms with E-state index in [2.05, 4.69) is 60.7 Å². The van der Waals surface area contributed by atoms with E-state index in [0.29, 0.717) is 12.1 Å². The van der Waals surface area contributed by atoms with Gasteiger partial charge in [0, 0.05) is 77.2 Å². The molecule has 4 heterocycles. The minimum Gasteiger partial charge on any atom is -0.369 e. The number of nitrogens with zero attached hydrogens (tertiary/aromatic N) is 4. The molecular weight excluding hydrogens is 439 g/mol. The van der Waals surface area contributed by atoms with E-state index in [1.165, 1.54) is 38.4 Å². The maximum absolute atomic E-state index is 4.44. The van der Waals surface area contributed by atoms with Crippen molar-refractivity contribution in [1.29, 1.82) is 0 Å². The minimum atomic E-state index is 0. The van der Waals surface area contributed by atoms with Gasteiger partial charge >= 0.3 is 0 Å². The van der Waals surface area contributed by atoms with Crippen LogP contribution in [0.5, 0.6) is 0 Å². The van der Waals surface area contributed by atoms with E-state index < -0.39 is 0 Å². The Hall–Kier alpha value is -1.06. The number of halogens is 1. The van der Waals surface area contributed by atoms with Crippen molar-refractivity contribution in [1.82, 2.24) is 20.4 Å². The van der Waals surface area contributed by atoms with Gasteiger partial charge in [0.05, 0.1) is 0 Å². The Morgan fingerprint density at radius 2 is 1.85 bits per heavy atom. The van der Waals surface area contributed by atoms with Crippen LogP contribution in [-0.2, 0) is 0 Å². The summed E-state index contributed by atoms with van der Waals surface area (Å²) in [5, 5.41) is 7.17. The van der Waals surface area contributed by atoms with E-state index in [1.54, 1.807) is 0 Å². The Kier molecular flexibility index (Phi) is 6.99. The van der Waals surface area contributed by atoms with Crippen molar-refractivity contribution in [3.05, 3.63) is 30.3 Å². The summed E-state index contributed by atoms with van der Waals surface area (Å²) in [6.45, 7) is 9.21. The van der Waals surface area contributed by atoms with Gasteiger partial charge in [0.2, 0.25) is 0 Å². The van der Waals surface area contributed by atoms with Crippen molar-refractivity contribution >= 4 is 35.6 Å². The highest BCUT2D eigenvalue weighted by atomic mass is 127. The number of rotatable bonds is 4. The Morgan fingerprint density at radius 3 is 2.50 bits per heavy atom. The Balaban J connectivity index is 0.00000196. The van der Waals surface area contributed by atoms with Gasteiger partial charge in [0.15, 0.2) is 5.96 Å². The number of nitrogens with one attached hydrogen (secondary N) is 2. The first-order chi connectivity index (χ1) is 12.3. The zero-order chi connectivity index (χ0) is 17.1. The van der Waals surface area contributed by atoms with Gasteiger partial charge < -0.3 is 15.5 Å². The minimum absolute atomic E-state index is 0. The second-order valence-electron chi connectivity index (χ2n) is 7.36. The van der Waals surface area contributed by atoms with Crippen LogP contribution in [0.2, 0.25) is 0 Å². The van der Waals surface area contributed by atoms with Gasteiger partial charge in [-0.25, -0.2) is 0 Å². The third kappa shape index (κ3) is 4.61. The molecule has 0 amide bonds. The molecule has 6 nitrogen and oxygen atoms in total. The molecule has 2 atom stereocenters. The summed E-state index contributed by atoms with van der Waals surface area (Å²) in [5.74, 6) is 0.942. The third-order valence-electron chi connectivity index (χ3n) is 5.77. The van der Waals surface area contributed by atoms with Gasteiger partial charge in [-0.1, -0.05) is 18.2 Å². The van der Waals surface area contributed by atoms with Gasteiger partial charge in [-0.2, -0.15) is 0 Å². The molecule has 0 aromatic heterocycles. The molecule has 1 aromatic carbocycles. The summed E-state index contributed by atoms with van der Waals surface area (Å²) in [4.78, 5) is 12.1. The molecule has 5 rings (SSSR count). The van der Waals surface area contributed by atoms with E-state index in [4.69, 9.17) is 0 Å². The number of aliphatic imine (C=N–C) groups is 1. The monoisotopic (exact) mass is 470 g/mol. The molecule has 2 unspecified atom stereocenters. The summed E-state index contributed by atoms with van der Waals surface area (Å²) in [6.07, 6.45) is 1.15. The maximum Gasteiger partial charge on any atom is 0.191 e. The number of anilines is 1. The molecule has 4 fully saturated rings. The largest absolute Gasteiger partial charge is 0.369 e. The molecular formula is C19H31IN6. The number of hydrogen-bond donors (Lipinski definition) is 2. The summed E-state index contributed by atoms with van der Waals surface area (Å²) in [6, 6.07) is 11.8. The van der Waals surface area contributed by atoms with Crippen LogP contribution in [0.4, 0.5) is 5.69 Å². The van der Waals surface area contributed by atoms with E-state index in [-0.39, 0.29) is 24.0 Å². The van der Waals surface area contributed by atoms with Crippen molar-refractivity contribution in [3.63, 3.8) is 0 Å². The van der Waals surface area contributed by atoms with Crippen molar-refractivity contribution in [2.45, 2.75) is 18.5 Å². The van der Waals surface area contributed by atoms with Crippen LogP contribution in [0.25, 0.3) is 0 Å². The second kappa shape index (κ2) is 9.23. The molecule has 0 spiro atoms. The molecule has 0 aliphatic carbocycles. The fourth-order valence-corrected chi connectivity index (χ4v) is 4.27. The van der Waals surface area contributed by atoms with Crippen molar-refractivity contribution in [2.75, 3.05) is 64.3 Å². The summed E-state index contributed by atoms with van der Waals surface area (Å²) >= 11 is 0. The topological polar surface area (TPSA) is 46.1 Å². The molecule has 4 aliphatic rings. The lowest BCUT2D eigenvalue weighted by Gasteiger charge is -2.47. The van der Waals surface area contributed by atoms with Crippen molar-refractivity contribution < 1.29 is 0 Å². The van der Waals surface area contributed by atoms with Gasteiger partial charge in [-0.3, -0.25) is 14.8 Å². The van der Waals surface area contributed by atoms with E-state index in [0.717, 1.165) is 32.0 Å². The number of hydrogen-bond acceptors (Lipinski definition) is 4. The molecule has 4 saturated heterocycles. The summed E-state index contributed by atoms with van der Waals surface area (Å²) in [5.41, 5.74) is 1.31. The van der Waals surface area contributed by atoms with Crippen LogP contribution in [0.3, 0.4) is 0 Å². The average molecular weight is 470 g/mol. The molecule has 2 N–H and O–H groups in total. The first kappa shape index (κ1) is 19.7. The average Bonchev–Trinajstić information content (AvgIpc) is 3.15. The van der Waals surface area contributed by atoms with Crippen molar-refractivity contribution in [3.8, 4) is 0 Å². The molecule has 7 heteroatoms. The highest BCUT2D eigenvalue weighted by molar-refractivity contribution is 14.0. The molecule has 2 bridgehead atoms. The van der Waals surface area contributed by atoms with Gasteiger partial charge in [-0.05, 0) is 18.6 Å². The lowest BCUT2D eigenvalue weighted by atomic mass is 10.1. The predicted octanol–water partition coefficient (Wildman–Crippen LogP) is 1.05. The van der Waals surface area contributed by atoms with E-state index in [1.807, 2.05) is 7.05 Å². The van der Waals surface area contributed by atoms with Gasteiger partial charge in [0.25, 0.3) is 0 Å². The molecule has 26 heavy (non-hydrogen) atoms. The zero-order valence-corrected chi connectivity index (χ0v) is 17.9. The first-order valence-corrected chi connectivity index (χ1v) is 9.55. The fourth-order valence-electron chi connectivity index (χ4n) is 4.27. The number of fused-ring (bicyclic) bond motifs is 3. The second-order valence-corrected chi connectivity index (χ2v) is 7.36. The van der Waals surface area contributed by atoms with Gasteiger partial charge in [0.1, 0.15) is 0 Å².